The monoisotopic (exact) mass is 247 g/mol. The van der Waals surface area contributed by atoms with Crippen LogP contribution in [0.25, 0.3) is 0 Å². The van der Waals surface area contributed by atoms with Crippen molar-refractivity contribution in [3.8, 4) is 0 Å². The van der Waals surface area contributed by atoms with Crippen LogP contribution in [0.15, 0.2) is 12.3 Å². The number of halogens is 3. The van der Waals surface area contributed by atoms with Gasteiger partial charge < -0.3 is 5.32 Å². The lowest BCUT2D eigenvalue weighted by Crippen LogP contribution is -2.23. The van der Waals surface area contributed by atoms with Crippen LogP contribution in [0.1, 0.15) is 32.9 Å². The number of anilines is 1. The first-order chi connectivity index (χ1) is 7.74. The summed E-state index contributed by atoms with van der Waals surface area (Å²) in [4.78, 5) is 7.20. The van der Waals surface area contributed by atoms with Gasteiger partial charge in [0.1, 0.15) is 5.69 Å². The van der Waals surface area contributed by atoms with Crippen LogP contribution in [0.2, 0.25) is 0 Å². The molecule has 0 atom stereocenters. The van der Waals surface area contributed by atoms with Crippen LogP contribution in [-0.2, 0) is 6.18 Å². The summed E-state index contributed by atoms with van der Waals surface area (Å²) in [6.45, 7) is 6.60. The van der Waals surface area contributed by atoms with Gasteiger partial charge in [0.15, 0.2) is 0 Å². The second kappa shape index (κ2) is 4.89. The molecular formula is C11H16F3N3. The van der Waals surface area contributed by atoms with Gasteiger partial charge in [-0.05, 0) is 17.9 Å². The first-order valence-electron chi connectivity index (χ1n) is 5.39. The second-order valence-electron chi connectivity index (χ2n) is 4.63. The summed E-state index contributed by atoms with van der Waals surface area (Å²) < 4.78 is 37.2. The molecule has 0 aliphatic carbocycles. The Kier molecular flexibility index (Phi) is 3.95. The highest BCUT2D eigenvalue weighted by Crippen LogP contribution is 2.27. The number of hydrogen-bond acceptors (Lipinski definition) is 3. The highest BCUT2D eigenvalue weighted by molar-refractivity contribution is 5.26. The van der Waals surface area contributed by atoms with Crippen LogP contribution in [0, 0.1) is 5.41 Å². The molecule has 1 aromatic rings. The SMILES string of the molecule is CCC(C)(C)CNc1nccc(C(F)(F)F)n1. The highest BCUT2D eigenvalue weighted by Gasteiger charge is 2.32. The van der Waals surface area contributed by atoms with Crippen LogP contribution in [-0.4, -0.2) is 16.5 Å². The lowest BCUT2D eigenvalue weighted by Gasteiger charge is -2.22. The van der Waals surface area contributed by atoms with Gasteiger partial charge in [-0.1, -0.05) is 20.8 Å². The van der Waals surface area contributed by atoms with E-state index in [0.717, 1.165) is 18.7 Å². The smallest absolute Gasteiger partial charge is 0.354 e. The summed E-state index contributed by atoms with van der Waals surface area (Å²) in [5.41, 5.74) is -0.929. The molecule has 0 unspecified atom stereocenters. The molecule has 0 spiro atoms. The van der Waals surface area contributed by atoms with Gasteiger partial charge in [-0.2, -0.15) is 13.2 Å². The van der Waals surface area contributed by atoms with Crippen LogP contribution >= 0.6 is 0 Å². The Morgan fingerprint density at radius 2 is 1.94 bits per heavy atom. The zero-order valence-electron chi connectivity index (χ0n) is 10.1. The fourth-order valence-corrected chi connectivity index (χ4v) is 1.05. The Labute approximate surface area is 98.5 Å². The summed E-state index contributed by atoms with van der Waals surface area (Å²) in [7, 11) is 0. The van der Waals surface area contributed by atoms with E-state index in [1.165, 1.54) is 0 Å². The van der Waals surface area contributed by atoms with Gasteiger partial charge in [-0.25, -0.2) is 9.97 Å². The van der Waals surface area contributed by atoms with E-state index in [1.54, 1.807) is 0 Å². The van der Waals surface area contributed by atoms with Crippen molar-refractivity contribution < 1.29 is 13.2 Å². The molecule has 1 N–H and O–H groups in total. The molecule has 1 heterocycles. The van der Waals surface area contributed by atoms with E-state index in [2.05, 4.69) is 15.3 Å². The number of hydrogen-bond donors (Lipinski definition) is 1. The van der Waals surface area contributed by atoms with E-state index < -0.39 is 11.9 Å². The van der Waals surface area contributed by atoms with Gasteiger partial charge in [0.2, 0.25) is 5.95 Å². The topological polar surface area (TPSA) is 37.8 Å². The van der Waals surface area contributed by atoms with Crippen LogP contribution in [0.5, 0.6) is 0 Å². The van der Waals surface area contributed by atoms with E-state index in [-0.39, 0.29) is 11.4 Å². The Hall–Kier alpha value is -1.33. The first kappa shape index (κ1) is 13.7. The summed E-state index contributed by atoms with van der Waals surface area (Å²) in [6.07, 6.45) is -2.41. The maximum Gasteiger partial charge on any atom is 0.433 e. The van der Waals surface area contributed by atoms with E-state index in [4.69, 9.17) is 0 Å². The first-order valence-corrected chi connectivity index (χ1v) is 5.39. The number of alkyl halides is 3. The minimum Gasteiger partial charge on any atom is -0.354 e. The molecule has 0 amide bonds. The fraction of sp³-hybridized carbons (Fsp3) is 0.636. The van der Waals surface area contributed by atoms with Crippen molar-refractivity contribution >= 4 is 5.95 Å². The normalized spacial score (nSPS) is 12.6. The predicted molar refractivity (Wildman–Crippen MR) is 59.6 cm³/mol. The third kappa shape index (κ3) is 4.20. The highest BCUT2D eigenvalue weighted by atomic mass is 19.4. The van der Waals surface area contributed by atoms with Crippen molar-refractivity contribution in [2.75, 3.05) is 11.9 Å². The summed E-state index contributed by atoms with van der Waals surface area (Å²) in [6, 6.07) is 0.857. The number of nitrogens with one attached hydrogen (secondary N) is 1. The van der Waals surface area contributed by atoms with Crippen molar-refractivity contribution in [3.63, 3.8) is 0 Å². The van der Waals surface area contributed by atoms with Gasteiger partial charge in [0.05, 0.1) is 0 Å². The Bertz CT molecular complexity index is 374. The zero-order valence-corrected chi connectivity index (χ0v) is 10.1. The average Bonchev–Trinajstić information content (AvgIpc) is 2.26. The second-order valence-corrected chi connectivity index (χ2v) is 4.63. The minimum atomic E-state index is -4.43. The molecule has 96 valence electrons. The standard InChI is InChI=1S/C11H16F3N3/c1-4-10(2,3)7-16-9-15-6-5-8(17-9)11(12,13)14/h5-6H,4,7H2,1-3H3,(H,15,16,17). The van der Waals surface area contributed by atoms with Crippen molar-refractivity contribution in [3.05, 3.63) is 18.0 Å². The molecule has 0 aliphatic heterocycles. The van der Waals surface area contributed by atoms with Gasteiger partial charge in [0, 0.05) is 12.7 Å². The van der Waals surface area contributed by atoms with Crippen molar-refractivity contribution in [1.82, 2.24) is 9.97 Å². The largest absolute Gasteiger partial charge is 0.433 e. The number of rotatable bonds is 4. The summed E-state index contributed by atoms with van der Waals surface area (Å²) >= 11 is 0. The Morgan fingerprint density at radius 1 is 1.29 bits per heavy atom. The van der Waals surface area contributed by atoms with Gasteiger partial charge in [-0.3, -0.25) is 0 Å². The molecule has 0 saturated carbocycles. The molecule has 0 bridgehead atoms. The lowest BCUT2D eigenvalue weighted by molar-refractivity contribution is -0.141. The number of aromatic nitrogens is 2. The molecule has 0 fully saturated rings. The van der Waals surface area contributed by atoms with Crippen LogP contribution < -0.4 is 5.32 Å². The molecule has 0 aliphatic rings. The average molecular weight is 247 g/mol. The van der Waals surface area contributed by atoms with E-state index in [0.29, 0.717) is 6.54 Å². The zero-order chi connectivity index (χ0) is 13.1. The molecular weight excluding hydrogens is 231 g/mol. The van der Waals surface area contributed by atoms with Crippen molar-refractivity contribution in [2.24, 2.45) is 5.41 Å². The molecule has 17 heavy (non-hydrogen) atoms. The quantitative estimate of drug-likeness (QED) is 0.886. The van der Waals surface area contributed by atoms with E-state index in [9.17, 15) is 13.2 Å². The molecule has 6 heteroatoms. The lowest BCUT2D eigenvalue weighted by atomic mass is 9.90. The third-order valence-electron chi connectivity index (χ3n) is 2.63. The maximum atomic E-state index is 12.4. The Balaban J connectivity index is 2.74. The molecule has 1 aromatic heterocycles. The Morgan fingerprint density at radius 3 is 2.47 bits per heavy atom. The fourth-order valence-electron chi connectivity index (χ4n) is 1.05. The van der Waals surface area contributed by atoms with Crippen LogP contribution in [0.4, 0.5) is 19.1 Å². The predicted octanol–water partition coefficient (Wildman–Crippen LogP) is 3.34. The summed E-state index contributed by atoms with van der Waals surface area (Å²) in [5.74, 6) is 0.0151. The molecule has 0 aromatic carbocycles. The summed E-state index contributed by atoms with van der Waals surface area (Å²) in [5, 5.41) is 2.83. The number of nitrogens with zero attached hydrogens (tertiary/aromatic N) is 2. The van der Waals surface area contributed by atoms with Gasteiger partial charge in [0.25, 0.3) is 0 Å². The van der Waals surface area contributed by atoms with Crippen molar-refractivity contribution in [2.45, 2.75) is 33.4 Å². The maximum absolute atomic E-state index is 12.4. The molecule has 1 rings (SSSR count). The third-order valence-corrected chi connectivity index (χ3v) is 2.63. The molecule has 0 radical (unpaired) electrons. The molecule has 0 saturated heterocycles. The van der Waals surface area contributed by atoms with Crippen molar-refractivity contribution in [1.29, 1.82) is 0 Å². The van der Waals surface area contributed by atoms with Crippen LogP contribution in [0.3, 0.4) is 0 Å². The van der Waals surface area contributed by atoms with E-state index >= 15 is 0 Å². The van der Waals surface area contributed by atoms with Gasteiger partial charge in [-0.15, -0.1) is 0 Å². The van der Waals surface area contributed by atoms with E-state index in [1.807, 2.05) is 20.8 Å². The molecule has 3 nitrogen and oxygen atoms in total. The minimum absolute atomic E-state index is 0.00238. The van der Waals surface area contributed by atoms with Gasteiger partial charge >= 0.3 is 6.18 Å².